The summed E-state index contributed by atoms with van der Waals surface area (Å²) in [5.41, 5.74) is 0.496. The molecule has 0 aromatic carbocycles. The molecule has 78 valence electrons. The number of nitrogens with zero attached hydrogens (tertiary/aromatic N) is 2. The molecule has 1 aromatic rings. The molecule has 0 aliphatic carbocycles. The van der Waals surface area contributed by atoms with Crippen LogP contribution in [0.25, 0.3) is 0 Å². The monoisotopic (exact) mass is 260 g/mol. The number of halogens is 1. The first-order valence-corrected chi connectivity index (χ1v) is 5.02. The van der Waals surface area contributed by atoms with Gasteiger partial charge < -0.3 is 10.2 Å². The average molecular weight is 261 g/mol. The fourth-order valence-corrected chi connectivity index (χ4v) is 1.25. The molecule has 2 N–H and O–H groups in total. The minimum absolute atomic E-state index is 0.222. The van der Waals surface area contributed by atoms with E-state index >= 15 is 0 Å². The fourth-order valence-electron chi connectivity index (χ4n) is 0.921. The van der Waals surface area contributed by atoms with Crippen LogP contribution in [0.15, 0.2) is 15.5 Å². The Morgan fingerprint density at radius 2 is 2.36 bits per heavy atom. The highest BCUT2D eigenvalue weighted by Crippen LogP contribution is 2.14. The number of rotatable bonds is 4. The lowest BCUT2D eigenvalue weighted by Gasteiger charge is -2.11. The summed E-state index contributed by atoms with van der Waals surface area (Å²) >= 11 is 3.19. The van der Waals surface area contributed by atoms with Gasteiger partial charge in [0.25, 0.3) is 5.56 Å². The van der Waals surface area contributed by atoms with Crippen LogP contribution < -0.4 is 10.9 Å². The topological polar surface area (TPSA) is 61.0 Å². The van der Waals surface area contributed by atoms with E-state index in [9.17, 15) is 4.79 Å². The highest BCUT2D eigenvalue weighted by atomic mass is 79.9. The molecule has 5 nitrogen and oxygen atoms in total. The zero-order valence-corrected chi connectivity index (χ0v) is 9.76. The highest BCUT2D eigenvalue weighted by molar-refractivity contribution is 9.10. The van der Waals surface area contributed by atoms with Gasteiger partial charge in [-0.1, -0.05) is 0 Å². The number of hydrogen-bond donors (Lipinski definition) is 2. The zero-order chi connectivity index (χ0) is 10.6. The van der Waals surface area contributed by atoms with E-state index in [1.54, 1.807) is 6.20 Å². The number of aromatic nitrogens is 2. The van der Waals surface area contributed by atoms with Gasteiger partial charge in [-0.3, -0.25) is 4.79 Å². The molecule has 6 heteroatoms. The van der Waals surface area contributed by atoms with Gasteiger partial charge in [-0.2, -0.15) is 5.10 Å². The van der Waals surface area contributed by atoms with Crippen molar-refractivity contribution in [1.29, 1.82) is 0 Å². The van der Waals surface area contributed by atoms with Crippen LogP contribution >= 0.6 is 15.9 Å². The Balaban J connectivity index is 2.59. The molecule has 0 fully saturated rings. The van der Waals surface area contributed by atoms with Crippen molar-refractivity contribution >= 4 is 21.6 Å². The second-order valence-electron chi connectivity index (χ2n) is 3.16. The van der Waals surface area contributed by atoms with Crippen molar-refractivity contribution in [3.05, 3.63) is 21.0 Å². The van der Waals surface area contributed by atoms with Crippen molar-refractivity contribution in [2.45, 2.75) is 0 Å². The third-order valence-corrected chi connectivity index (χ3v) is 2.46. The Bertz CT molecular complexity index is 349. The molecule has 0 saturated carbocycles. The lowest BCUT2D eigenvalue weighted by Crippen LogP contribution is -2.22. The first-order valence-electron chi connectivity index (χ1n) is 4.23. The summed E-state index contributed by atoms with van der Waals surface area (Å²) in [5.74, 6) is 0. The molecule has 0 bridgehead atoms. The predicted molar refractivity (Wildman–Crippen MR) is 59.6 cm³/mol. The SMILES string of the molecule is CN(C)CCNc1cn[nH]c(=O)c1Br. The van der Waals surface area contributed by atoms with Crippen LogP contribution in [0, 0.1) is 0 Å². The summed E-state index contributed by atoms with van der Waals surface area (Å²) in [6.45, 7) is 1.68. The summed E-state index contributed by atoms with van der Waals surface area (Å²) in [5, 5.41) is 9.15. The second kappa shape index (κ2) is 5.11. The standard InChI is InChI=1S/C8H13BrN4O/c1-13(2)4-3-10-6-5-11-12-8(14)7(6)9/h5H,3-4H2,1-2H3,(H2,10,12,14). The van der Waals surface area contributed by atoms with Gasteiger partial charge >= 0.3 is 0 Å². The molecule has 0 aliphatic rings. The Morgan fingerprint density at radius 3 is 3.00 bits per heavy atom. The van der Waals surface area contributed by atoms with Crippen LogP contribution in [-0.2, 0) is 0 Å². The van der Waals surface area contributed by atoms with Crippen LogP contribution in [0.1, 0.15) is 0 Å². The molecule has 0 radical (unpaired) electrons. The van der Waals surface area contributed by atoms with Gasteiger partial charge in [0.05, 0.1) is 11.9 Å². The summed E-state index contributed by atoms with van der Waals surface area (Å²) in [4.78, 5) is 13.2. The summed E-state index contributed by atoms with van der Waals surface area (Å²) < 4.78 is 0.492. The summed E-state index contributed by atoms with van der Waals surface area (Å²) in [6, 6.07) is 0. The van der Waals surface area contributed by atoms with Crippen molar-refractivity contribution < 1.29 is 0 Å². The lowest BCUT2D eigenvalue weighted by molar-refractivity contribution is 0.425. The van der Waals surface area contributed by atoms with Gasteiger partial charge in [-0.25, -0.2) is 5.10 Å². The predicted octanol–water partition coefficient (Wildman–Crippen LogP) is 0.506. The van der Waals surface area contributed by atoms with Crippen LogP contribution in [0.2, 0.25) is 0 Å². The Labute approximate surface area is 90.6 Å². The number of anilines is 1. The quantitative estimate of drug-likeness (QED) is 0.828. The molecule has 0 unspecified atom stereocenters. The van der Waals surface area contributed by atoms with Gasteiger partial charge in [0, 0.05) is 13.1 Å². The minimum atomic E-state index is -0.222. The van der Waals surface area contributed by atoms with Crippen molar-refractivity contribution in [2.75, 3.05) is 32.5 Å². The fraction of sp³-hybridized carbons (Fsp3) is 0.500. The molecule has 1 aromatic heterocycles. The number of nitrogens with one attached hydrogen (secondary N) is 2. The second-order valence-corrected chi connectivity index (χ2v) is 3.95. The Kier molecular flexibility index (Phi) is 4.09. The van der Waals surface area contributed by atoms with Crippen LogP contribution in [0.4, 0.5) is 5.69 Å². The van der Waals surface area contributed by atoms with E-state index in [4.69, 9.17) is 0 Å². The van der Waals surface area contributed by atoms with Crippen molar-refractivity contribution in [3.8, 4) is 0 Å². The largest absolute Gasteiger partial charge is 0.381 e. The van der Waals surface area contributed by atoms with E-state index in [2.05, 4.69) is 36.3 Å². The van der Waals surface area contributed by atoms with Gasteiger partial charge in [-0.15, -0.1) is 0 Å². The molecule has 14 heavy (non-hydrogen) atoms. The van der Waals surface area contributed by atoms with E-state index in [1.807, 2.05) is 14.1 Å². The summed E-state index contributed by atoms with van der Waals surface area (Å²) in [6.07, 6.45) is 1.58. The van der Waals surface area contributed by atoms with E-state index in [0.717, 1.165) is 18.8 Å². The first kappa shape index (κ1) is 11.2. The Hall–Kier alpha value is -0.880. The number of likely N-dealkylation sites (N-methyl/N-ethyl adjacent to an activating group) is 1. The number of hydrogen-bond acceptors (Lipinski definition) is 4. The van der Waals surface area contributed by atoms with Crippen molar-refractivity contribution in [3.63, 3.8) is 0 Å². The van der Waals surface area contributed by atoms with Gasteiger partial charge in [0.2, 0.25) is 0 Å². The van der Waals surface area contributed by atoms with Crippen molar-refractivity contribution in [2.24, 2.45) is 0 Å². The molecule has 1 rings (SSSR count). The maximum atomic E-state index is 11.1. The maximum Gasteiger partial charge on any atom is 0.280 e. The normalized spacial score (nSPS) is 10.6. The smallest absolute Gasteiger partial charge is 0.280 e. The lowest BCUT2D eigenvalue weighted by atomic mass is 10.4. The average Bonchev–Trinajstić information content (AvgIpc) is 2.12. The van der Waals surface area contributed by atoms with Gasteiger partial charge in [0.15, 0.2) is 0 Å². The molecule has 0 spiro atoms. The van der Waals surface area contributed by atoms with Crippen LogP contribution in [0.3, 0.4) is 0 Å². The molecule has 0 saturated heterocycles. The van der Waals surface area contributed by atoms with E-state index in [1.165, 1.54) is 0 Å². The van der Waals surface area contributed by atoms with E-state index in [-0.39, 0.29) is 5.56 Å². The third-order valence-electron chi connectivity index (χ3n) is 1.67. The minimum Gasteiger partial charge on any atom is -0.381 e. The molecular weight excluding hydrogens is 248 g/mol. The zero-order valence-electron chi connectivity index (χ0n) is 8.17. The third kappa shape index (κ3) is 3.12. The van der Waals surface area contributed by atoms with E-state index in [0.29, 0.717) is 4.47 Å². The van der Waals surface area contributed by atoms with Crippen LogP contribution in [0.5, 0.6) is 0 Å². The first-order chi connectivity index (χ1) is 6.61. The maximum absolute atomic E-state index is 11.1. The molecule has 0 amide bonds. The van der Waals surface area contributed by atoms with E-state index < -0.39 is 0 Å². The number of aromatic amines is 1. The molecule has 0 atom stereocenters. The number of H-pyrrole nitrogens is 1. The molecular formula is C8H13BrN4O. The van der Waals surface area contributed by atoms with Gasteiger partial charge in [0.1, 0.15) is 4.47 Å². The van der Waals surface area contributed by atoms with Crippen molar-refractivity contribution in [1.82, 2.24) is 15.1 Å². The van der Waals surface area contributed by atoms with Gasteiger partial charge in [-0.05, 0) is 30.0 Å². The molecule has 1 heterocycles. The summed E-state index contributed by atoms with van der Waals surface area (Å²) in [7, 11) is 3.99. The van der Waals surface area contributed by atoms with Crippen LogP contribution in [-0.4, -0.2) is 42.3 Å². The molecule has 0 aliphatic heterocycles. The highest BCUT2D eigenvalue weighted by Gasteiger charge is 2.02. The Morgan fingerprint density at radius 1 is 1.64 bits per heavy atom.